The molecule has 0 aromatic rings. The number of hydrogen-bond donors (Lipinski definition) is 3. The van der Waals surface area contributed by atoms with Gasteiger partial charge in [0.25, 0.3) is 0 Å². The highest BCUT2D eigenvalue weighted by molar-refractivity contribution is 5.76. The number of aliphatic hydroxyl groups is 2. The van der Waals surface area contributed by atoms with Crippen molar-refractivity contribution in [2.24, 2.45) is 0 Å². The minimum atomic E-state index is -0.868. The molecule has 0 heterocycles. The number of unbranched alkanes of at least 4 members (excludes halogenated alkanes) is 40. The fourth-order valence-corrected chi connectivity index (χ4v) is 10.0. The molecule has 440 valence electrons. The summed E-state index contributed by atoms with van der Waals surface area (Å²) >= 11 is 0. The van der Waals surface area contributed by atoms with E-state index in [1.54, 1.807) is 6.08 Å². The van der Waals surface area contributed by atoms with E-state index in [4.69, 9.17) is 0 Å². The van der Waals surface area contributed by atoms with Gasteiger partial charge in [0.05, 0.1) is 18.8 Å². The van der Waals surface area contributed by atoms with Crippen molar-refractivity contribution in [3.8, 4) is 0 Å². The maximum absolute atomic E-state index is 12.5. The number of rotatable bonds is 61. The Balaban J connectivity index is 3.51. The van der Waals surface area contributed by atoms with Crippen LogP contribution in [0.1, 0.15) is 335 Å². The third kappa shape index (κ3) is 62.2. The van der Waals surface area contributed by atoms with Crippen molar-refractivity contribution in [1.82, 2.24) is 5.32 Å². The zero-order valence-corrected chi connectivity index (χ0v) is 50.8. The fraction of sp³-hybridized carbons (Fsp3) is 0.764. The number of hydrogen-bond acceptors (Lipinski definition) is 3. The Morgan fingerprint density at radius 2 is 0.592 bits per heavy atom. The van der Waals surface area contributed by atoms with E-state index in [0.29, 0.717) is 6.42 Å². The number of aliphatic hydroxyl groups excluding tert-OH is 2. The largest absolute Gasteiger partial charge is 0.394 e. The van der Waals surface area contributed by atoms with E-state index in [9.17, 15) is 15.0 Å². The molecular formula is C72H129NO3. The molecule has 0 aliphatic rings. The summed E-state index contributed by atoms with van der Waals surface area (Å²) in [7, 11) is 0. The number of carbonyl (C=O) groups is 1. The smallest absolute Gasteiger partial charge is 0.220 e. The lowest BCUT2D eigenvalue weighted by atomic mass is 10.0. The van der Waals surface area contributed by atoms with Gasteiger partial charge in [-0.15, -0.1) is 0 Å². The summed E-state index contributed by atoms with van der Waals surface area (Å²) in [6.45, 7) is 4.21. The van der Waals surface area contributed by atoms with E-state index in [-0.39, 0.29) is 12.5 Å². The van der Waals surface area contributed by atoms with Crippen LogP contribution in [0.25, 0.3) is 0 Å². The average Bonchev–Trinajstić information content (AvgIpc) is 3.42. The molecule has 76 heavy (non-hydrogen) atoms. The van der Waals surface area contributed by atoms with Gasteiger partial charge in [-0.05, 0) is 83.5 Å². The minimum absolute atomic E-state index is 0.0724. The molecule has 0 aliphatic heterocycles. The summed E-state index contributed by atoms with van der Waals surface area (Å²) in [6, 6.07) is -0.645. The van der Waals surface area contributed by atoms with Crippen molar-refractivity contribution >= 4 is 5.91 Å². The van der Waals surface area contributed by atoms with Crippen LogP contribution in [0.15, 0.2) is 97.2 Å². The molecule has 0 aliphatic carbocycles. The van der Waals surface area contributed by atoms with Gasteiger partial charge >= 0.3 is 0 Å². The Bertz CT molecular complexity index is 1380. The number of carbonyl (C=O) groups excluding carboxylic acids is 1. The van der Waals surface area contributed by atoms with Crippen molar-refractivity contribution < 1.29 is 15.0 Å². The van der Waals surface area contributed by atoms with E-state index in [0.717, 1.165) is 70.6 Å². The minimum Gasteiger partial charge on any atom is -0.394 e. The summed E-state index contributed by atoms with van der Waals surface area (Å²) in [5, 5.41) is 23.3. The van der Waals surface area contributed by atoms with E-state index >= 15 is 0 Å². The van der Waals surface area contributed by atoms with Crippen LogP contribution >= 0.6 is 0 Å². The molecule has 0 fully saturated rings. The van der Waals surface area contributed by atoms with Crippen molar-refractivity contribution in [3.63, 3.8) is 0 Å². The standard InChI is InChI=1S/C72H129NO3/c1-3-5-7-9-11-13-15-17-19-21-23-25-27-29-31-33-34-35-36-37-38-40-42-44-46-48-50-52-54-56-58-60-62-64-66-68-72(76)73-70(69-74)71(75)67-65-63-61-59-57-55-53-51-49-47-45-43-41-39-32-30-28-26-24-22-20-18-16-14-12-10-8-6-4-2/h5,7,11,13,17,19,23,25,29,31,34-35,57,59,65,67,70-71,74-75H,3-4,6,8-10,12,14-16,18,20-22,24,26-28,30,32-33,36-56,58,60-64,66,68-69H2,1-2H3,(H,73,76)/b7-5-,13-11-,19-17-,25-23-,31-29-,35-34-,59-57+,67-65+. The van der Waals surface area contributed by atoms with Gasteiger partial charge in [0.2, 0.25) is 5.91 Å². The van der Waals surface area contributed by atoms with Gasteiger partial charge in [-0.1, -0.05) is 342 Å². The maximum Gasteiger partial charge on any atom is 0.220 e. The molecule has 0 aromatic heterocycles. The summed E-state index contributed by atoms with van der Waals surface area (Å²) in [6.07, 6.45) is 99.1. The second-order valence-electron chi connectivity index (χ2n) is 22.5. The molecule has 3 N–H and O–H groups in total. The summed E-state index contributed by atoms with van der Waals surface area (Å²) in [5.41, 5.74) is 0. The number of nitrogens with one attached hydrogen (secondary N) is 1. The van der Waals surface area contributed by atoms with Gasteiger partial charge in [0.1, 0.15) is 0 Å². The summed E-state index contributed by atoms with van der Waals surface area (Å²) in [5.74, 6) is -0.0724. The van der Waals surface area contributed by atoms with Crippen molar-refractivity contribution in [2.45, 2.75) is 347 Å². The predicted molar refractivity (Wildman–Crippen MR) is 340 cm³/mol. The van der Waals surface area contributed by atoms with Gasteiger partial charge in [-0.2, -0.15) is 0 Å². The highest BCUT2D eigenvalue weighted by atomic mass is 16.3. The lowest BCUT2D eigenvalue weighted by Crippen LogP contribution is -2.45. The monoisotopic (exact) mass is 1060 g/mol. The molecule has 2 unspecified atom stereocenters. The second-order valence-corrected chi connectivity index (χ2v) is 22.5. The van der Waals surface area contributed by atoms with Gasteiger partial charge in [0, 0.05) is 6.42 Å². The third-order valence-corrected chi connectivity index (χ3v) is 15.1. The zero-order valence-electron chi connectivity index (χ0n) is 50.8. The molecule has 4 nitrogen and oxygen atoms in total. The first kappa shape index (κ1) is 73.3. The molecule has 4 heteroatoms. The van der Waals surface area contributed by atoms with Crippen LogP contribution in [-0.4, -0.2) is 34.9 Å². The van der Waals surface area contributed by atoms with Crippen LogP contribution in [0.3, 0.4) is 0 Å². The Labute approximate surface area is 474 Å². The molecule has 0 rings (SSSR count). The lowest BCUT2D eigenvalue weighted by Gasteiger charge is -2.19. The molecule has 1 amide bonds. The van der Waals surface area contributed by atoms with E-state index in [2.05, 4.69) is 104 Å². The van der Waals surface area contributed by atoms with Crippen molar-refractivity contribution in [3.05, 3.63) is 97.2 Å². The highest BCUT2D eigenvalue weighted by Crippen LogP contribution is 2.18. The Hall–Kier alpha value is -2.69. The SMILES string of the molecule is CC/C=C\C/C=C\C/C=C\C/C=C\C/C=C\C/C=C\CCCCCCCCCCCCCCCCCCC(=O)NC(CO)C(O)/C=C/CC/C=C/CCCCCCCCCCCCCCCCCCCCCCCCC. The van der Waals surface area contributed by atoms with Gasteiger partial charge in [-0.25, -0.2) is 0 Å². The zero-order chi connectivity index (χ0) is 54.8. The van der Waals surface area contributed by atoms with Gasteiger partial charge in [-0.3, -0.25) is 4.79 Å². The van der Waals surface area contributed by atoms with E-state index in [1.165, 1.54) is 244 Å². The normalized spacial score (nSPS) is 13.4. The van der Waals surface area contributed by atoms with E-state index in [1.807, 2.05) is 6.08 Å². The highest BCUT2D eigenvalue weighted by Gasteiger charge is 2.18. The van der Waals surface area contributed by atoms with E-state index < -0.39 is 12.1 Å². The average molecular weight is 1060 g/mol. The van der Waals surface area contributed by atoms with Crippen LogP contribution in [0.4, 0.5) is 0 Å². The Morgan fingerprint density at radius 3 is 0.921 bits per heavy atom. The van der Waals surface area contributed by atoms with Gasteiger partial charge < -0.3 is 15.5 Å². The topological polar surface area (TPSA) is 69.6 Å². The molecule has 0 aromatic carbocycles. The van der Waals surface area contributed by atoms with Crippen LogP contribution in [0, 0.1) is 0 Å². The van der Waals surface area contributed by atoms with Crippen LogP contribution in [-0.2, 0) is 4.79 Å². The van der Waals surface area contributed by atoms with Gasteiger partial charge in [0.15, 0.2) is 0 Å². The second kappa shape index (κ2) is 66.6. The molecule has 0 saturated heterocycles. The fourth-order valence-electron chi connectivity index (χ4n) is 10.0. The third-order valence-electron chi connectivity index (χ3n) is 15.1. The first-order valence-electron chi connectivity index (χ1n) is 33.5. The molecule has 0 spiro atoms. The quantitative estimate of drug-likeness (QED) is 0.0420. The molecule has 0 saturated carbocycles. The van der Waals surface area contributed by atoms with Crippen molar-refractivity contribution in [2.75, 3.05) is 6.61 Å². The van der Waals surface area contributed by atoms with Crippen LogP contribution in [0.2, 0.25) is 0 Å². The molecular weight excluding hydrogens is 927 g/mol. The molecule has 2 atom stereocenters. The first-order valence-corrected chi connectivity index (χ1v) is 33.5. The molecule has 0 bridgehead atoms. The lowest BCUT2D eigenvalue weighted by molar-refractivity contribution is -0.123. The predicted octanol–water partition coefficient (Wildman–Crippen LogP) is 22.8. The first-order chi connectivity index (χ1) is 37.7. The summed E-state index contributed by atoms with van der Waals surface area (Å²) in [4.78, 5) is 12.5. The van der Waals surface area contributed by atoms with Crippen LogP contribution in [0.5, 0.6) is 0 Å². The van der Waals surface area contributed by atoms with Crippen molar-refractivity contribution in [1.29, 1.82) is 0 Å². The summed E-state index contributed by atoms with van der Waals surface area (Å²) < 4.78 is 0. The number of amides is 1. The van der Waals surface area contributed by atoms with Crippen LogP contribution < -0.4 is 5.32 Å². The Kier molecular flexibility index (Phi) is 64.2. The Morgan fingerprint density at radius 1 is 0.329 bits per heavy atom. The maximum atomic E-state index is 12.5. The number of allylic oxidation sites excluding steroid dienone is 15. The molecule has 0 radical (unpaired) electrons.